The second kappa shape index (κ2) is 5.87. The van der Waals surface area contributed by atoms with Crippen molar-refractivity contribution < 1.29 is 8.42 Å². The molecule has 116 valence electrons. The molecule has 1 aliphatic carbocycles. The van der Waals surface area contributed by atoms with E-state index in [4.69, 9.17) is 11.6 Å². The number of nitrogens with one attached hydrogen (secondary N) is 1. The lowest BCUT2D eigenvalue weighted by atomic mass is 9.83. The number of halogens is 1. The molecule has 2 heterocycles. The number of aromatic nitrogens is 2. The van der Waals surface area contributed by atoms with Crippen molar-refractivity contribution in [1.82, 2.24) is 14.1 Å². The van der Waals surface area contributed by atoms with Crippen LogP contribution in [0.1, 0.15) is 39.0 Å². The standard InChI is InChI=1S/C13H18ClN3O2S2/c1-2-9-5-3-4-6-10(9)16-21(18,19)12-11(14)15-13-17(12)7-8-20-13/h7-10,16H,2-6H2,1H3. The van der Waals surface area contributed by atoms with Gasteiger partial charge in [-0.15, -0.1) is 11.3 Å². The molecule has 21 heavy (non-hydrogen) atoms. The maximum absolute atomic E-state index is 12.7. The van der Waals surface area contributed by atoms with Crippen molar-refractivity contribution in [3.8, 4) is 0 Å². The molecule has 0 aromatic carbocycles. The highest BCUT2D eigenvalue weighted by molar-refractivity contribution is 7.89. The van der Waals surface area contributed by atoms with Crippen LogP contribution in [0.5, 0.6) is 0 Å². The van der Waals surface area contributed by atoms with Gasteiger partial charge in [-0.1, -0.05) is 37.8 Å². The van der Waals surface area contributed by atoms with Gasteiger partial charge in [-0.05, 0) is 18.8 Å². The summed E-state index contributed by atoms with van der Waals surface area (Å²) in [6.45, 7) is 2.11. The molecule has 0 radical (unpaired) electrons. The Morgan fingerprint density at radius 3 is 3.00 bits per heavy atom. The van der Waals surface area contributed by atoms with Crippen molar-refractivity contribution in [2.45, 2.75) is 50.1 Å². The van der Waals surface area contributed by atoms with Crippen LogP contribution in [0.4, 0.5) is 0 Å². The molecule has 2 unspecified atom stereocenters. The minimum absolute atomic E-state index is 0.00555. The lowest BCUT2D eigenvalue weighted by Gasteiger charge is -2.31. The molecule has 3 rings (SSSR count). The van der Waals surface area contributed by atoms with Crippen LogP contribution in [0, 0.1) is 5.92 Å². The lowest BCUT2D eigenvalue weighted by Crippen LogP contribution is -2.42. The highest BCUT2D eigenvalue weighted by Gasteiger charge is 2.32. The molecule has 0 aliphatic heterocycles. The molecule has 0 saturated heterocycles. The summed E-state index contributed by atoms with van der Waals surface area (Å²) in [5.74, 6) is 0.401. The van der Waals surface area contributed by atoms with Gasteiger partial charge in [0.1, 0.15) is 0 Å². The third-order valence-corrected chi connectivity index (χ3v) is 6.82. The highest BCUT2D eigenvalue weighted by atomic mass is 35.5. The van der Waals surface area contributed by atoms with Crippen LogP contribution in [0.3, 0.4) is 0 Å². The predicted molar refractivity (Wildman–Crippen MR) is 84.4 cm³/mol. The average Bonchev–Trinajstić information content (AvgIpc) is 2.98. The number of nitrogens with zero attached hydrogens (tertiary/aromatic N) is 2. The number of hydrogen-bond donors (Lipinski definition) is 1. The maximum atomic E-state index is 12.7. The summed E-state index contributed by atoms with van der Waals surface area (Å²) in [6.07, 6.45) is 6.89. The highest BCUT2D eigenvalue weighted by Crippen LogP contribution is 2.30. The maximum Gasteiger partial charge on any atom is 0.260 e. The summed E-state index contributed by atoms with van der Waals surface area (Å²) in [5.41, 5.74) is 0. The Morgan fingerprint density at radius 1 is 1.48 bits per heavy atom. The van der Waals surface area contributed by atoms with Gasteiger partial charge < -0.3 is 0 Å². The Labute approximate surface area is 133 Å². The van der Waals surface area contributed by atoms with Gasteiger partial charge >= 0.3 is 0 Å². The Kier molecular flexibility index (Phi) is 4.27. The van der Waals surface area contributed by atoms with E-state index in [0.29, 0.717) is 10.9 Å². The molecule has 2 atom stereocenters. The molecule has 2 aromatic rings. The fraction of sp³-hybridized carbons (Fsp3) is 0.615. The minimum atomic E-state index is -3.66. The van der Waals surface area contributed by atoms with Gasteiger partial charge in [0.15, 0.2) is 15.1 Å². The Bertz CT molecular complexity index is 738. The van der Waals surface area contributed by atoms with Crippen LogP contribution in [0.25, 0.3) is 4.96 Å². The van der Waals surface area contributed by atoms with E-state index in [2.05, 4.69) is 16.6 Å². The summed E-state index contributed by atoms with van der Waals surface area (Å²) < 4.78 is 29.8. The van der Waals surface area contributed by atoms with E-state index < -0.39 is 10.0 Å². The predicted octanol–water partition coefficient (Wildman–Crippen LogP) is 3.30. The van der Waals surface area contributed by atoms with Gasteiger partial charge in [-0.25, -0.2) is 18.1 Å². The first-order chi connectivity index (χ1) is 10.0. The molecule has 0 bridgehead atoms. The van der Waals surface area contributed by atoms with E-state index in [0.717, 1.165) is 25.7 Å². The van der Waals surface area contributed by atoms with Crippen LogP contribution in [0.2, 0.25) is 5.15 Å². The quantitative estimate of drug-likeness (QED) is 0.922. The monoisotopic (exact) mass is 347 g/mol. The van der Waals surface area contributed by atoms with E-state index >= 15 is 0 Å². The Balaban J connectivity index is 1.93. The molecule has 1 N–H and O–H groups in total. The molecular formula is C13H18ClN3O2S2. The van der Waals surface area contributed by atoms with Gasteiger partial charge in [0.2, 0.25) is 0 Å². The molecular weight excluding hydrogens is 330 g/mol. The van der Waals surface area contributed by atoms with Crippen LogP contribution in [-0.4, -0.2) is 23.8 Å². The van der Waals surface area contributed by atoms with E-state index in [-0.39, 0.29) is 16.2 Å². The fourth-order valence-electron chi connectivity index (χ4n) is 3.09. The molecule has 1 fully saturated rings. The molecule has 8 heteroatoms. The van der Waals surface area contributed by atoms with Crippen molar-refractivity contribution >= 4 is 37.9 Å². The Hall–Kier alpha value is -0.630. The van der Waals surface area contributed by atoms with Gasteiger partial charge in [-0.2, -0.15) is 0 Å². The summed E-state index contributed by atoms with van der Waals surface area (Å²) in [6, 6.07) is -0.00555. The molecule has 1 saturated carbocycles. The first-order valence-corrected chi connectivity index (χ1v) is 9.90. The van der Waals surface area contributed by atoms with Crippen LogP contribution >= 0.6 is 22.9 Å². The summed E-state index contributed by atoms with van der Waals surface area (Å²) in [5, 5.41) is 1.90. The summed E-state index contributed by atoms with van der Waals surface area (Å²) in [7, 11) is -3.66. The van der Waals surface area contributed by atoms with E-state index in [1.165, 1.54) is 17.8 Å². The van der Waals surface area contributed by atoms with E-state index in [1.807, 2.05) is 0 Å². The number of fused-ring (bicyclic) bond motifs is 1. The Morgan fingerprint density at radius 2 is 2.24 bits per heavy atom. The third kappa shape index (κ3) is 2.84. The number of hydrogen-bond acceptors (Lipinski definition) is 4. The van der Waals surface area contributed by atoms with Gasteiger partial charge in [0.05, 0.1) is 0 Å². The first-order valence-electron chi connectivity index (χ1n) is 7.16. The lowest BCUT2D eigenvalue weighted by molar-refractivity contribution is 0.282. The number of sulfonamides is 1. The SMILES string of the molecule is CCC1CCCCC1NS(=O)(=O)c1c(Cl)nc2sccn12. The van der Waals surface area contributed by atoms with Crippen molar-refractivity contribution in [1.29, 1.82) is 0 Å². The normalized spacial score (nSPS) is 23.7. The second-order valence-electron chi connectivity index (χ2n) is 5.44. The molecule has 0 spiro atoms. The zero-order chi connectivity index (χ0) is 15.0. The number of imidazole rings is 1. The number of rotatable bonds is 4. The van der Waals surface area contributed by atoms with Crippen LogP contribution in [0.15, 0.2) is 16.6 Å². The summed E-state index contributed by atoms with van der Waals surface area (Å²) >= 11 is 7.40. The van der Waals surface area contributed by atoms with Gasteiger partial charge in [0.25, 0.3) is 10.0 Å². The number of thiazole rings is 1. The van der Waals surface area contributed by atoms with Crippen molar-refractivity contribution in [3.05, 3.63) is 16.7 Å². The largest absolute Gasteiger partial charge is 0.279 e. The summed E-state index contributed by atoms with van der Waals surface area (Å²) in [4.78, 5) is 4.69. The third-order valence-electron chi connectivity index (χ3n) is 4.17. The van der Waals surface area contributed by atoms with Crippen molar-refractivity contribution in [2.75, 3.05) is 0 Å². The average molecular weight is 348 g/mol. The smallest absolute Gasteiger partial charge is 0.260 e. The zero-order valence-corrected chi connectivity index (χ0v) is 14.1. The van der Waals surface area contributed by atoms with E-state index in [9.17, 15) is 8.42 Å². The van der Waals surface area contributed by atoms with E-state index in [1.54, 1.807) is 16.0 Å². The molecule has 1 aliphatic rings. The van der Waals surface area contributed by atoms with Gasteiger partial charge in [0, 0.05) is 17.6 Å². The van der Waals surface area contributed by atoms with Gasteiger partial charge in [-0.3, -0.25) is 4.40 Å². The van der Waals surface area contributed by atoms with Crippen LogP contribution < -0.4 is 4.72 Å². The van der Waals surface area contributed by atoms with Crippen LogP contribution in [-0.2, 0) is 10.0 Å². The van der Waals surface area contributed by atoms with Crippen molar-refractivity contribution in [2.24, 2.45) is 5.92 Å². The second-order valence-corrected chi connectivity index (χ2v) is 8.30. The zero-order valence-electron chi connectivity index (χ0n) is 11.8. The molecule has 2 aromatic heterocycles. The molecule has 5 nitrogen and oxygen atoms in total. The van der Waals surface area contributed by atoms with Crippen molar-refractivity contribution in [3.63, 3.8) is 0 Å². The topological polar surface area (TPSA) is 63.5 Å². The first kappa shape index (κ1) is 15.3. The minimum Gasteiger partial charge on any atom is -0.279 e. The molecule has 0 amide bonds. The fourth-order valence-corrected chi connectivity index (χ4v) is 5.88.